The predicted octanol–water partition coefficient (Wildman–Crippen LogP) is 1.22. The van der Waals surface area contributed by atoms with Crippen molar-refractivity contribution in [3.63, 3.8) is 0 Å². The molecule has 18 heavy (non-hydrogen) atoms. The van der Waals surface area contributed by atoms with Gasteiger partial charge in [-0.15, -0.1) is 0 Å². The standard InChI is InChI=1S/C13H19N5/c1-11(17(2)8-7-14)12-3-5-13(6-4-12)18-10-15-9-16-18/h3-6,9-11H,7-8,14H2,1-2H3. The Morgan fingerprint density at radius 2 is 2.06 bits per heavy atom. The summed E-state index contributed by atoms with van der Waals surface area (Å²) < 4.78 is 1.75. The first-order valence-electron chi connectivity index (χ1n) is 6.07. The van der Waals surface area contributed by atoms with Gasteiger partial charge in [0.15, 0.2) is 0 Å². The largest absolute Gasteiger partial charge is 0.329 e. The Balaban J connectivity index is 2.12. The van der Waals surface area contributed by atoms with Crippen molar-refractivity contribution < 1.29 is 0 Å². The Morgan fingerprint density at radius 3 is 2.61 bits per heavy atom. The molecule has 1 unspecified atom stereocenters. The lowest BCUT2D eigenvalue weighted by molar-refractivity contribution is 0.269. The summed E-state index contributed by atoms with van der Waals surface area (Å²) >= 11 is 0. The van der Waals surface area contributed by atoms with Gasteiger partial charge in [-0.3, -0.25) is 4.90 Å². The summed E-state index contributed by atoms with van der Waals surface area (Å²) in [6.45, 7) is 3.75. The molecule has 0 bridgehead atoms. The second kappa shape index (κ2) is 5.75. The molecule has 1 aromatic heterocycles. The molecule has 0 radical (unpaired) electrons. The average Bonchev–Trinajstić information content (AvgIpc) is 2.92. The zero-order valence-electron chi connectivity index (χ0n) is 10.8. The van der Waals surface area contributed by atoms with Gasteiger partial charge in [-0.2, -0.15) is 5.10 Å². The number of rotatable bonds is 5. The maximum absolute atomic E-state index is 5.57. The number of hydrogen-bond donors (Lipinski definition) is 1. The van der Waals surface area contributed by atoms with Crippen molar-refractivity contribution in [3.05, 3.63) is 42.5 Å². The van der Waals surface area contributed by atoms with E-state index in [0.29, 0.717) is 12.6 Å². The third-order valence-electron chi connectivity index (χ3n) is 3.20. The highest BCUT2D eigenvalue weighted by Gasteiger charge is 2.10. The Hall–Kier alpha value is -1.72. The van der Waals surface area contributed by atoms with Crippen molar-refractivity contribution in [2.24, 2.45) is 5.73 Å². The number of likely N-dealkylation sites (N-methyl/N-ethyl adjacent to an activating group) is 1. The van der Waals surface area contributed by atoms with Crippen LogP contribution in [0.5, 0.6) is 0 Å². The zero-order valence-corrected chi connectivity index (χ0v) is 10.8. The van der Waals surface area contributed by atoms with Gasteiger partial charge >= 0.3 is 0 Å². The summed E-state index contributed by atoms with van der Waals surface area (Å²) in [6.07, 6.45) is 3.23. The lowest BCUT2D eigenvalue weighted by Gasteiger charge is -2.24. The minimum atomic E-state index is 0.360. The fourth-order valence-corrected chi connectivity index (χ4v) is 1.90. The first kappa shape index (κ1) is 12.7. The summed E-state index contributed by atoms with van der Waals surface area (Å²) in [7, 11) is 2.09. The van der Waals surface area contributed by atoms with Crippen LogP contribution in [-0.4, -0.2) is 39.8 Å². The van der Waals surface area contributed by atoms with Crippen LogP contribution in [0.4, 0.5) is 0 Å². The summed E-state index contributed by atoms with van der Waals surface area (Å²) in [6, 6.07) is 8.70. The second-order valence-corrected chi connectivity index (χ2v) is 4.38. The van der Waals surface area contributed by atoms with Gasteiger partial charge in [0.05, 0.1) is 5.69 Å². The minimum Gasteiger partial charge on any atom is -0.329 e. The zero-order chi connectivity index (χ0) is 13.0. The molecule has 0 amide bonds. The van der Waals surface area contributed by atoms with E-state index < -0.39 is 0 Å². The molecule has 0 fully saturated rings. The number of benzene rings is 1. The van der Waals surface area contributed by atoms with Crippen molar-refractivity contribution in [2.75, 3.05) is 20.1 Å². The van der Waals surface area contributed by atoms with E-state index in [1.54, 1.807) is 11.0 Å². The van der Waals surface area contributed by atoms with Gasteiger partial charge in [0, 0.05) is 19.1 Å². The van der Waals surface area contributed by atoms with Crippen LogP contribution in [-0.2, 0) is 0 Å². The molecule has 2 N–H and O–H groups in total. The topological polar surface area (TPSA) is 60.0 Å². The molecule has 2 rings (SSSR count). The molecule has 5 nitrogen and oxygen atoms in total. The fourth-order valence-electron chi connectivity index (χ4n) is 1.90. The van der Waals surface area contributed by atoms with E-state index in [2.05, 4.69) is 53.2 Å². The van der Waals surface area contributed by atoms with E-state index in [1.807, 2.05) is 0 Å². The van der Waals surface area contributed by atoms with Gasteiger partial charge < -0.3 is 5.73 Å². The molecular formula is C13H19N5. The second-order valence-electron chi connectivity index (χ2n) is 4.38. The van der Waals surface area contributed by atoms with E-state index in [9.17, 15) is 0 Å². The van der Waals surface area contributed by atoms with E-state index in [0.717, 1.165) is 12.2 Å². The molecule has 0 spiro atoms. The Labute approximate surface area is 107 Å². The molecule has 96 valence electrons. The average molecular weight is 245 g/mol. The van der Waals surface area contributed by atoms with Gasteiger partial charge in [-0.05, 0) is 31.7 Å². The highest BCUT2D eigenvalue weighted by atomic mass is 15.3. The van der Waals surface area contributed by atoms with Crippen LogP contribution in [0.2, 0.25) is 0 Å². The Kier molecular flexibility index (Phi) is 4.07. The van der Waals surface area contributed by atoms with E-state index in [-0.39, 0.29) is 0 Å². The molecule has 1 heterocycles. The molecule has 5 heteroatoms. The first-order chi connectivity index (χ1) is 8.72. The van der Waals surface area contributed by atoms with Crippen LogP contribution < -0.4 is 5.73 Å². The Morgan fingerprint density at radius 1 is 1.33 bits per heavy atom. The van der Waals surface area contributed by atoms with Crippen molar-refractivity contribution in [3.8, 4) is 5.69 Å². The lowest BCUT2D eigenvalue weighted by Crippen LogP contribution is -2.28. The maximum Gasteiger partial charge on any atom is 0.138 e. The normalized spacial score (nSPS) is 12.9. The molecule has 0 aliphatic rings. The van der Waals surface area contributed by atoms with Crippen molar-refractivity contribution in [2.45, 2.75) is 13.0 Å². The molecule has 1 aromatic carbocycles. The van der Waals surface area contributed by atoms with Crippen molar-refractivity contribution >= 4 is 0 Å². The van der Waals surface area contributed by atoms with Gasteiger partial charge in [0.2, 0.25) is 0 Å². The fraction of sp³-hybridized carbons (Fsp3) is 0.385. The van der Waals surface area contributed by atoms with Crippen LogP contribution >= 0.6 is 0 Å². The lowest BCUT2D eigenvalue weighted by atomic mass is 10.1. The molecule has 0 saturated heterocycles. The monoisotopic (exact) mass is 245 g/mol. The number of nitrogens with zero attached hydrogens (tertiary/aromatic N) is 4. The van der Waals surface area contributed by atoms with E-state index in [1.165, 1.54) is 11.9 Å². The van der Waals surface area contributed by atoms with Crippen molar-refractivity contribution in [1.82, 2.24) is 19.7 Å². The predicted molar refractivity (Wildman–Crippen MR) is 71.5 cm³/mol. The summed E-state index contributed by atoms with van der Waals surface area (Å²) in [5.74, 6) is 0. The third-order valence-corrected chi connectivity index (χ3v) is 3.20. The van der Waals surface area contributed by atoms with Crippen LogP contribution in [0.15, 0.2) is 36.9 Å². The molecule has 1 atom stereocenters. The van der Waals surface area contributed by atoms with Crippen molar-refractivity contribution in [1.29, 1.82) is 0 Å². The molecule has 0 saturated carbocycles. The van der Waals surface area contributed by atoms with Crippen LogP contribution in [0.25, 0.3) is 5.69 Å². The minimum absolute atomic E-state index is 0.360. The molecule has 2 aromatic rings. The summed E-state index contributed by atoms with van der Waals surface area (Å²) in [4.78, 5) is 6.18. The maximum atomic E-state index is 5.57. The van der Waals surface area contributed by atoms with E-state index in [4.69, 9.17) is 5.73 Å². The first-order valence-corrected chi connectivity index (χ1v) is 6.07. The van der Waals surface area contributed by atoms with Crippen LogP contribution in [0.1, 0.15) is 18.5 Å². The number of nitrogens with two attached hydrogens (primary N) is 1. The van der Waals surface area contributed by atoms with Gasteiger partial charge in [-0.1, -0.05) is 12.1 Å². The van der Waals surface area contributed by atoms with Crippen LogP contribution in [0, 0.1) is 0 Å². The molecule has 0 aliphatic heterocycles. The third kappa shape index (κ3) is 2.75. The number of aromatic nitrogens is 3. The highest BCUT2D eigenvalue weighted by molar-refractivity contribution is 5.34. The number of hydrogen-bond acceptors (Lipinski definition) is 4. The quantitative estimate of drug-likeness (QED) is 0.860. The van der Waals surface area contributed by atoms with Gasteiger partial charge in [0.25, 0.3) is 0 Å². The van der Waals surface area contributed by atoms with Gasteiger partial charge in [-0.25, -0.2) is 9.67 Å². The molecular weight excluding hydrogens is 226 g/mol. The molecule has 0 aliphatic carbocycles. The summed E-state index contributed by atoms with van der Waals surface area (Å²) in [5.41, 5.74) is 7.86. The van der Waals surface area contributed by atoms with E-state index >= 15 is 0 Å². The summed E-state index contributed by atoms with van der Waals surface area (Å²) in [5, 5.41) is 4.10. The smallest absolute Gasteiger partial charge is 0.138 e. The van der Waals surface area contributed by atoms with Gasteiger partial charge in [0.1, 0.15) is 12.7 Å². The van der Waals surface area contributed by atoms with Crippen LogP contribution in [0.3, 0.4) is 0 Å². The Bertz CT molecular complexity index is 463. The highest BCUT2D eigenvalue weighted by Crippen LogP contribution is 2.19. The SMILES string of the molecule is CC(c1ccc(-n2cncn2)cc1)N(C)CCN.